The number of urea groups is 1. The van der Waals surface area contributed by atoms with Crippen molar-refractivity contribution in [3.63, 3.8) is 0 Å². The van der Waals surface area contributed by atoms with E-state index in [1.807, 2.05) is 44.2 Å². The molecule has 24 heavy (non-hydrogen) atoms. The average molecular weight is 347 g/mol. The highest BCUT2D eigenvalue weighted by Crippen LogP contribution is 2.20. The largest absolute Gasteiger partial charge is 0.393 e. The first-order chi connectivity index (χ1) is 11.5. The van der Waals surface area contributed by atoms with Crippen LogP contribution in [0.2, 0.25) is 0 Å². The number of aromatic nitrogens is 1. The molecule has 130 valence electrons. The first-order valence-electron chi connectivity index (χ1n) is 8.13. The molecule has 1 heterocycles. The number of aliphatic hydroxyl groups is 1. The number of aliphatic hydroxyl groups excluding tert-OH is 1. The van der Waals surface area contributed by atoms with Crippen molar-refractivity contribution < 1.29 is 9.90 Å². The smallest absolute Gasteiger partial charge is 0.315 e. The number of benzene rings is 1. The number of nitrogens with zero attached hydrogens (tertiary/aromatic N) is 1. The Morgan fingerprint density at radius 3 is 2.54 bits per heavy atom. The number of amides is 2. The highest BCUT2D eigenvalue weighted by Gasteiger charge is 2.15. The molecule has 6 heteroatoms. The summed E-state index contributed by atoms with van der Waals surface area (Å²) in [6, 6.07) is 9.73. The third kappa shape index (κ3) is 5.62. The Kier molecular flexibility index (Phi) is 6.75. The molecule has 0 radical (unpaired) electrons. The molecular formula is C18H25N3O2S. The standard InChI is InChI=1S/C18H25N3O2S/c1-12(22)9-16(15-7-5-4-6-8-15)10-19-18(23)20-11-17-21-13(2)14(3)24-17/h4-8,12,16,22H,9-11H2,1-3H3,(H2,19,20,23). The van der Waals surface area contributed by atoms with Crippen LogP contribution in [0.15, 0.2) is 30.3 Å². The molecule has 0 fully saturated rings. The second kappa shape index (κ2) is 8.80. The molecule has 0 aliphatic carbocycles. The van der Waals surface area contributed by atoms with E-state index >= 15 is 0 Å². The Balaban J connectivity index is 1.85. The predicted molar refractivity (Wildman–Crippen MR) is 97.3 cm³/mol. The summed E-state index contributed by atoms with van der Waals surface area (Å²) in [7, 11) is 0. The minimum atomic E-state index is -0.415. The molecule has 2 amide bonds. The number of thiazole rings is 1. The Bertz CT molecular complexity index is 636. The van der Waals surface area contributed by atoms with Gasteiger partial charge in [-0.05, 0) is 32.8 Å². The van der Waals surface area contributed by atoms with Crippen LogP contribution in [0.4, 0.5) is 4.79 Å². The molecule has 0 bridgehead atoms. The molecule has 0 aliphatic heterocycles. The Hall–Kier alpha value is -1.92. The minimum Gasteiger partial charge on any atom is -0.393 e. The normalized spacial score (nSPS) is 13.3. The highest BCUT2D eigenvalue weighted by molar-refractivity contribution is 7.11. The number of hydrogen-bond donors (Lipinski definition) is 3. The van der Waals surface area contributed by atoms with Gasteiger partial charge in [0.2, 0.25) is 0 Å². The van der Waals surface area contributed by atoms with E-state index in [0.29, 0.717) is 19.5 Å². The zero-order chi connectivity index (χ0) is 17.5. The number of hydrogen-bond acceptors (Lipinski definition) is 4. The van der Waals surface area contributed by atoms with Gasteiger partial charge in [-0.3, -0.25) is 0 Å². The maximum atomic E-state index is 12.0. The van der Waals surface area contributed by atoms with E-state index in [1.54, 1.807) is 18.3 Å². The average Bonchev–Trinajstić information content (AvgIpc) is 2.88. The van der Waals surface area contributed by atoms with Crippen LogP contribution in [0, 0.1) is 13.8 Å². The fraction of sp³-hybridized carbons (Fsp3) is 0.444. The first kappa shape index (κ1) is 18.4. The summed E-state index contributed by atoms with van der Waals surface area (Å²) in [6.07, 6.45) is 0.191. The van der Waals surface area contributed by atoms with E-state index in [1.165, 1.54) is 4.88 Å². The van der Waals surface area contributed by atoms with Crippen LogP contribution < -0.4 is 10.6 Å². The monoisotopic (exact) mass is 347 g/mol. The SMILES string of the molecule is Cc1nc(CNC(=O)NCC(CC(C)O)c2ccccc2)sc1C. The molecular weight excluding hydrogens is 322 g/mol. The van der Waals surface area contributed by atoms with E-state index in [9.17, 15) is 9.90 Å². The van der Waals surface area contributed by atoms with Gasteiger partial charge < -0.3 is 15.7 Å². The fourth-order valence-electron chi connectivity index (χ4n) is 2.52. The lowest BCUT2D eigenvalue weighted by Gasteiger charge is -2.19. The number of nitrogens with one attached hydrogen (secondary N) is 2. The minimum absolute atomic E-state index is 0.0845. The molecule has 2 unspecified atom stereocenters. The Labute approximate surface area is 147 Å². The summed E-state index contributed by atoms with van der Waals surface area (Å²) in [5, 5.41) is 16.3. The van der Waals surface area contributed by atoms with E-state index < -0.39 is 6.10 Å². The van der Waals surface area contributed by atoms with Gasteiger partial charge in [0.05, 0.1) is 18.3 Å². The van der Waals surface area contributed by atoms with Gasteiger partial charge >= 0.3 is 6.03 Å². The van der Waals surface area contributed by atoms with Crippen molar-refractivity contribution in [3.8, 4) is 0 Å². The summed E-state index contributed by atoms with van der Waals surface area (Å²) in [6.45, 7) is 6.67. The van der Waals surface area contributed by atoms with Crippen molar-refractivity contribution in [2.24, 2.45) is 0 Å². The van der Waals surface area contributed by atoms with E-state index in [-0.39, 0.29) is 11.9 Å². The lowest BCUT2D eigenvalue weighted by Crippen LogP contribution is -2.37. The van der Waals surface area contributed by atoms with Gasteiger partial charge in [0.1, 0.15) is 5.01 Å². The van der Waals surface area contributed by atoms with Crippen molar-refractivity contribution in [2.45, 2.75) is 45.8 Å². The quantitative estimate of drug-likeness (QED) is 0.720. The van der Waals surface area contributed by atoms with Crippen molar-refractivity contribution in [1.82, 2.24) is 15.6 Å². The number of rotatable bonds is 7. The number of carbonyl (C=O) groups is 1. The zero-order valence-corrected chi connectivity index (χ0v) is 15.2. The van der Waals surface area contributed by atoms with Gasteiger partial charge in [0.15, 0.2) is 0 Å². The van der Waals surface area contributed by atoms with Crippen LogP contribution in [-0.4, -0.2) is 28.8 Å². The van der Waals surface area contributed by atoms with E-state index in [4.69, 9.17) is 0 Å². The third-order valence-corrected chi connectivity index (χ3v) is 4.95. The molecule has 1 aromatic carbocycles. The van der Waals surface area contributed by atoms with Crippen LogP contribution in [0.1, 0.15) is 40.4 Å². The van der Waals surface area contributed by atoms with E-state index in [0.717, 1.165) is 16.3 Å². The predicted octanol–water partition coefficient (Wildman–Crippen LogP) is 3.11. The molecule has 1 aromatic heterocycles. The van der Waals surface area contributed by atoms with Crippen LogP contribution in [-0.2, 0) is 6.54 Å². The van der Waals surface area contributed by atoms with Gasteiger partial charge in [-0.25, -0.2) is 9.78 Å². The van der Waals surface area contributed by atoms with Crippen molar-refractivity contribution in [3.05, 3.63) is 51.5 Å². The van der Waals surface area contributed by atoms with Crippen LogP contribution in [0.3, 0.4) is 0 Å². The maximum Gasteiger partial charge on any atom is 0.315 e. The van der Waals surface area contributed by atoms with Gasteiger partial charge in [-0.1, -0.05) is 30.3 Å². The summed E-state index contributed by atoms with van der Waals surface area (Å²) >= 11 is 1.60. The van der Waals surface area contributed by atoms with E-state index in [2.05, 4.69) is 15.6 Å². The number of carbonyl (C=O) groups excluding carboxylic acids is 1. The second-order valence-corrected chi connectivity index (χ2v) is 7.29. The molecule has 2 atom stereocenters. The molecule has 0 spiro atoms. The fourth-order valence-corrected chi connectivity index (χ4v) is 3.40. The van der Waals surface area contributed by atoms with Gasteiger partial charge in [-0.2, -0.15) is 0 Å². The molecule has 2 rings (SSSR count). The van der Waals surface area contributed by atoms with Gasteiger partial charge in [-0.15, -0.1) is 11.3 Å². The van der Waals surface area contributed by atoms with Crippen molar-refractivity contribution in [1.29, 1.82) is 0 Å². The summed E-state index contributed by atoms with van der Waals surface area (Å²) in [5.41, 5.74) is 2.13. The lowest BCUT2D eigenvalue weighted by atomic mass is 9.93. The Morgan fingerprint density at radius 1 is 1.25 bits per heavy atom. The van der Waals surface area contributed by atoms with Crippen LogP contribution in [0.25, 0.3) is 0 Å². The summed E-state index contributed by atoms with van der Waals surface area (Å²) < 4.78 is 0. The summed E-state index contributed by atoms with van der Waals surface area (Å²) in [4.78, 5) is 17.6. The number of aryl methyl sites for hydroxylation is 2. The van der Waals surface area contributed by atoms with Gasteiger partial charge in [0.25, 0.3) is 0 Å². The molecule has 0 saturated carbocycles. The van der Waals surface area contributed by atoms with Gasteiger partial charge in [0, 0.05) is 17.3 Å². The second-order valence-electron chi connectivity index (χ2n) is 6.01. The van der Waals surface area contributed by atoms with Crippen LogP contribution >= 0.6 is 11.3 Å². The lowest BCUT2D eigenvalue weighted by molar-refractivity contribution is 0.173. The van der Waals surface area contributed by atoms with Crippen molar-refractivity contribution >= 4 is 17.4 Å². The molecule has 5 nitrogen and oxygen atoms in total. The maximum absolute atomic E-state index is 12.0. The molecule has 2 aromatic rings. The zero-order valence-electron chi connectivity index (χ0n) is 14.4. The Morgan fingerprint density at radius 2 is 1.96 bits per heavy atom. The first-order valence-corrected chi connectivity index (χ1v) is 8.95. The van der Waals surface area contributed by atoms with Crippen molar-refractivity contribution in [2.75, 3.05) is 6.54 Å². The van der Waals surface area contributed by atoms with Crippen LogP contribution in [0.5, 0.6) is 0 Å². The molecule has 0 aliphatic rings. The molecule has 3 N–H and O–H groups in total. The summed E-state index contributed by atoms with van der Waals surface area (Å²) in [5.74, 6) is 0.0845. The molecule has 0 saturated heterocycles. The topological polar surface area (TPSA) is 74.2 Å². The highest BCUT2D eigenvalue weighted by atomic mass is 32.1. The third-order valence-electron chi connectivity index (χ3n) is 3.88.